The van der Waals surface area contributed by atoms with Crippen LogP contribution >= 0.6 is 0 Å². The number of nitrogens with zero attached hydrogens (tertiary/aromatic N) is 1. The van der Waals surface area contributed by atoms with Gasteiger partial charge in [0.25, 0.3) is 0 Å². The average molecular weight is 426 g/mol. The zero-order valence-corrected chi connectivity index (χ0v) is 17.4. The predicted octanol–water partition coefficient (Wildman–Crippen LogP) is 3.71. The van der Waals surface area contributed by atoms with Crippen LogP contribution in [-0.4, -0.2) is 31.0 Å². The fraction of sp³-hybridized carbons (Fsp3) is 0.182. The first-order valence-electron chi connectivity index (χ1n) is 9.27. The summed E-state index contributed by atoms with van der Waals surface area (Å²) < 4.78 is 33.4. The second-order valence-corrected chi connectivity index (χ2v) is 8.56. The molecule has 2 aromatic carbocycles. The van der Waals surface area contributed by atoms with Crippen LogP contribution in [0.15, 0.2) is 65.8 Å². The van der Waals surface area contributed by atoms with Crippen molar-refractivity contribution in [2.75, 3.05) is 6.54 Å². The van der Waals surface area contributed by atoms with E-state index in [9.17, 15) is 18.3 Å². The summed E-state index contributed by atoms with van der Waals surface area (Å²) in [7, 11) is -3.82. The summed E-state index contributed by atoms with van der Waals surface area (Å²) in [5, 5.41) is 9.29. The van der Waals surface area contributed by atoms with Gasteiger partial charge in [-0.3, -0.25) is 4.98 Å². The number of rotatable bonds is 8. The number of sulfonamides is 1. The van der Waals surface area contributed by atoms with Crippen LogP contribution in [0.25, 0.3) is 0 Å². The predicted molar refractivity (Wildman–Crippen MR) is 113 cm³/mol. The average Bonchev–Trinajstić information content (AvgIpc) is 2.71. The van der Waals surface area contributed by atoms with Gasteiger partial charge in [-0.1, -0.05) is 12.1 Å². The van der Waals surface area contributed by atoms with Crippen LogP contribution in [0.4, 0.5) is 0 Å². The SMILES string of the molecule is Cc1cc(S(=O)(=O)NCCc2ccc(Oc3ccncc3)cc2)cc(C(=O)O)c1C. The van der Waals surface area contributed by atoms with Gasteiger partial charge in [0.2, 0.25) is 10.0 Å². The Morgan fingerprint density at radius 2 is 1.67 bits per heavy atom. The Kier molecular flexibility index (Phi) is 6.49. The Bertz CT molecular complexity index is 1140. The standard InChI is InChI=1S/C22H22N2O5S/c1-15-13-20(14-21(16(15)2)22(25)26)30(27,28)24-12-7-17-3-5-18(6-4-17)29-19-8-10-23-11-9-19/h3-6,8-11,13-14,24H,7,12H2,1-2H3,(H,25,26). The van der Waals surface area contributed by atoms with Crippen LogP contribution in [0.3, 0.4) is 0 Å². The smallest absolute Gasteiger partial charge is 0.336 e. The lowest BCUT2D eigenvalue weighted by atomic mass is 10.0. The number of benzene rings is 2. The molecule has 0 radical (unpaired) electrons. The third-order valence-electron chi connectivity index (χ3n) is 4.70. The van der Waals surface area contributed by atoms with Gasteiger partial charge in [-0.15, -0.1) is 0 Å². The number of hydrogen-bond donors (Lipinski definition) is 2. The Balaban J connectivity index is 1.62. The molecule has 0 fully saturated rings. The van der Waals surface area contributed by atoms with E-state index in [0.717, 1.165) is 5.56 Å². The van der Waals surface area contributed by atoms with Crippen molar-refractivity contribution in [3.05, 3.63) is 83.2 Å². The van der Waals surface area contributed by atoms with Crippen molar-refractivity contribution < 1.29 is 23.1 Å². The molecule has 0 bridgehead atoms. The molecule has 0 spiro atoms. The number of hydrogen-bond acceptors (Lipinski definition) is 5. The number of ether oxygens (including phenoxy) is 1. The van der Waals surface area contributed by atoms with Gasteiger partial charge in [0.05, 0.1) is 10.5 Å². The summed E-state index contributed by atoms with van der Waals surface area (Å²) in [6, 6.07) is 13.5. The van der Waals surface area contributed by atoms with Gasteiger partial charge in [-0.25, -0.2) is 17.9 Å². The molecule has 0 aliphatic carbocycles. The lowest BCUT2D eigenvalue weighted by Crippen LogP contribution is -2.26. The Morgan fingerprint density at radius 3 is 2.30 bits per heavy atom. The molecule has 2 N–H and O–H groups in total. The molecule has 7 nitrogen and oxygen atoms in total. The van der Waals surface area contributed by atoms with Gasteiger partial charge in [0, 0.05) is 18.9 Å². The molecule has 0 aliphatic rings. The van der Waals surface area contributed by atoms with Crippen molar-refractivity contribution in [2.45, 2.75) is 25.2 Å². The van der Waals surface area contributed by atoms with Crippen molar-refractivity contribution in [3.8, 4) is 11.5 Å². The number of aromatic carboxylic acids is 1. The number of carboxylic acids is 1. The van der Waals surface area contributed by atoms with Crippen molar-refractivity contribution in [3.63, 3.8) is 0 Å². The van der Waals surface area contributed by atoms with E-state index in [1.165, 1.54) is 12.1 Å². The number of aromatic nitrogens is 1. The van der Waals surface area contributed by atoms with Crippen molar-refractivity contribution >= 4 is 16.0 Å². The van der Waals surface area contributed by atoms with Gasteiger partial charge >= 0.3 is 5.97 Å². The molecule has 0 amide bonds. The number of nitrogens with one attached hydrogen (secondary N) is 1. The maximum absolute atomic E-state index is 12.6. The van der Waals surface area contributed by atoms with E-state index in [2.05, 4.69) is 9.71 Å². The molecule has 156 valence electrons. The first-order chi connectivity index (χ1) is 14.3. The monoisotopic (exact) mass is 426 g/mol. The van der Waals surface area contributed by atoms with Gasteiger partial charge in [0.1, 0.15) is 11.5 Å². The third-order valence-corrected chi connectivity index (χ3v) is 6.14. The van der Waals surface area contributed by atoms with Crippen LogP contribution in [0, 0.1) is 13.8 Å². The van der Waals surface area contributed by atoms with Crippen LogP contribution in [0.5, 0.6) is 11.5 Å². The van der Waals surface area contributed by atoms with Crippen molar-refractivity contribution in [2.24, 2.45) is 0 Å². The summed E-state index contributed by atoms with van der Waals surface area (Å²) in [4.78, 5) is 15.2. The van der Waals surface area contributed by atoms with Crippen molar-refractivity contribution in [1.29, 1.82) is 0 Å². The highest BCUT2D eigenvalue weighted by Crippen LogP contribution is 2.22. The molecular formula is C22H22N2O5S. The molecule has 0 aliphatic heterocycles. The molecular weight excluding hydrogens is 404 g/mol. The summed E-state index contributed by atoms with van der Waals surface area (Å²) in [6.07, 6.45) is 3.76. The first-order valence-corrected chi connectivity index (χ1v) is 10.8. The Morgan fingerprint density at radius 1 is 1.03 bits per heavy atom. The Labute approximate surface area is 175 Å². The Hall–Kier alpha value is -3.23. The molecule has 0 atom stereocenters. The molecule has 30 heavy (non-hydrogen) atoms. The molecule has 8 heteroatoms. The van der Waals surface area contributed by atoms with E-state index in [1.54, 1.807) is 38.4 Å². The summed E-state index contributed by atoms with van der Waals surface area (Å²) in [5.74, 6) is 0.197. The van der Waals surface area contributed by atoms with E-state index in [0.29, 0.717) is 29.0 Å². The highest BCUT2D eigenvalue weighted by molar-refractivity contribution is 7.89. The van der Waals surface area contributed by atoms with E-state index in [1.807, 2.05) is 24.3 Å². The molecule has 0 unspecified atom stereocenters. The van der Waals surface area contributed by atoms with Gasteiger partial charge in [0.15, 0.2) is 0 Å². The molecule has 3 aromatic rings. The minimum atomic E-state index is -3.82. The quantitative estimate of drug-likeness (QED) is 0.569. The highest BCUT2D eigenvalue weighted by Gasteiger charge is 2.19. The zero-order chi connectivity index (χ0) is 21.7. The summed E-state index contributed by atoms with van der Waals surface area (Å²) in [6.45, 7) is 3.53. The molecule has 1 heterocycles. The highest BCUT2D eigenvalue weighted by atomic mass is 32.2. The normalized spacial score (nSPS) is 11.3. The molecule has 1 aromatic heterocycles. The number of pyridine rings is 1. The molecule has 0 saturated heterocycles. The lowest BCUT2D eigenvalue weighted by Gasteiger charge is -2.11. The van der Waals surface area contributed by atoms with Gasteiger partial charge in [-0.05, 0) is 73.4 Å². The van der Waals surface area contributed by atoms with Crippen LogP contribution in [0.1, 0.15) is 27.0 Å². The van der Waals surface area contributed by atoms with Gasteiger partial charge < -0.3 is 9.84 Å². The minimum absolute atomic E-state index is 0.0137. The molecule has 3 rings (SSSR count). The van der Waals surface area contributed by atoms with E-state index >= 15 is 0 Å². The fourth-order valence-corrected chi connectivity index (χ4v) is 4.03. The minimum Gasteiger partial charge on any atom is -0.478 e. The summed E-state index contributed by atoms with van der Waals surface area (Å²) in [5.41, 5.74) is 2.09. The van der Waals surface area contributed by atoms with E-state index < -0.39 is 16.0 Å². The second-order valence-electron chi connectivity index (χ2n) is 6.79. The number of aryl methyl sites for hydroxylation is 1. The second kappa shape index (κ2) is 9.06. The largest absolute Gasteiger partial charge is 0.478 e. The van der Waals surface area contributed by atoms with E-state index in [-0.39, 0.29) is 17.0 Å². The number of carbonyl (C=O) groups is 1. The topological polar surface area (TPSA) is 106 Å². The lowest BCUT2D eigenvalue weighted by molar-refractivity contribution is 0.0695. The van der Waals surface area contributed by atoms with Gasteiger partial charge in [-0.2, -0.15) is 0 Å². The maximum Gasteiger partial charge on any atom is 0.336 e. The zero-order valence-electron chi connectivity index (χ0n) is 16.6. The fourth-order valence-electron chi connectivity index (χ4n) is 2.88. The van der Waals surface area contributed by atoms with Crippen molar-refractivity contribution in [1.82, 2.24) is 9.71 Å². The first kappa shape index (κ1) is 21.5. The van der Waals surface area contributed by atoms with Crippen LogP contribution in [-0.2, 0) is 16.4 Å². The third kappa shape index (κ3) is 5.22. The summed E-state index contributed by atoms with van der Waals surface area (Å²) >= 11 is 0. The number of carboxylic acid groups (broad SMARTS) is 1. The molecule has 0 saturated carbocycles. The maximum atomic E-state index is 12.6. The van der Waals surface area contributed by atoms with E-state index in [4.69, 9.17) is 4.74 Å². The van der Waals surface area contributed by atoms with Crippen LogP contribution < -0.4 is 9.46 Å². The van der Waals surface area contributed by atoms with Crippen LogP contribution in [0.2, 0.25) is 0 Å².